The van der Waals surface area contributed by atoms with Crippen LogP contribution in [-0.2, 0) is 4.74 Å². The van der Waals surface area contributed by atoms with Crippen molar-refractivity contribution in [2.24, 2.45) is 0 Å². The molecule has 142 valence electrons. The summed E-state index contributed by atoms with van der Waals surface area (Å²) in [6.45, 7) is 3.08. The molecule has 1 unspecified atom stereocenters. The number of amides is 1. The average molecular weight is 386 g/mol. The van der Waals surface area contributed by atoms with Gasteiger partial charge in [-0.2, -0.15) is 4.98 Å². The van der Waals surface area contributed by atoms with E-state index in [1.807, 2.05) is 16.0 Å². The molecule has 1 atom stereocenters. The summed E-state index contributed by atoms with van der Waals surface area (Å²) in [4.78, 5) is 27.9. The summed E-state index contributed by atoms with van der Waals surface area (Å²) in [6, 6.07) is 1.74. The lowest BCUT2D eigenvalue weighted by molar-refractivity contribution is 0.181. The maximum atomic E-state index is 11.8. The molecule has 1 N–H and O–H groups in total. The molecule has 1 fully saturated rings. The van der Waals surface area contributed by atoms with Crippen LogP contribution in [0.3, 0.4) is 0 Å². The number of nitrogens with one attached hydrogen (secondary N) is 1. The summed E-state index contributed by atoms with van der Waals surface area (Å²) >= 11 is 1.61. The fourth-order valence-corrected chi connectivity index (χ4v) is 3.84. The maximum Gasteiger partial charge on any atom is 0.415 e. The van der Waals surface area contributed by atoms with Crippen molar-refractivity contribution in [2.45, 2.75) is 38.6 Å². The van der Waals surface area contributed by atoms with Crippen LogP contribution in [0, 0.1) is 0 Å². The Morgan fingerprint density at radius 1 is 1.37 bits per heavy atom. The van der Waals surface area contributed by atoms with Crippen LogP contribution in [-0.4, -0.2) is 38.6 Å². The smallest absolute Gasteiger partial charge is 0.415 e. The zero-order valence-corrected chi connectivity index (χ0v) is 16.0. The molecule has 4 heterocycles. The number of ether oxygens (including phenoxy) is 1. The lowest BCUT2D eigenvalue weighted by Gasteiger charge is -2.18. The number of anilines is 2. The molecule has 1 saturated heterocycles. The average Bonchev–Trinajstić information content (AvgIpc) is 3.37. The van der Waals surface area contributed by atoms with E-state index in [2.05, 4.69) is 28.4 Å². The van der Waals surface area contributed by atoms with Crippen LogP contribution in [0.5, 0.6) is 0 Å². The highest BCUT2D eigenvalue weighted by atomic mass is 32.1. The first-order valence-electron chi connectivity index (χ1n) is 9.20. The number of thiazole rings is 1. The van der Waals surface area contributed by atoms with Crippen LogP contribution in [0.15, 0.2) is 30.0 Å². The van der Waals surface area contributed by atoms with Gasteiger partial charge in [-0.05, 0) is 12.5 Å². The van der Waals surface area contributed by atoms with Crippen LogP contribution in [0.2, 0.25) is 0 Å². The first-order valence-corrected chi connectivity index (χ1v) is 10.1. The van der Waals surface area contributed by atoms with Gasteiger partial charge in [-0.1, -0.05) is 26.2 Å². The third-order valence-electron chi connectivity index (χ3n) is 4.55. The van der Waals surface area contributed by atoms with Gasteiger partial charge in [-0.25, -0.2) is 14.8 Å². The van der Waals surface area contributed by atoms with E-state index in [-0.39, 0.29) is 12.1 Å². The highest BCUT2D eigenvalue weighted by Gasteiger charge is 2.25. The van der Waals surface area contributed by atoms with Gasteiger partial charge in [0.15, 0.2) is 4.96 Å². The second kappa shape index (κ2) is 7.91. The molecular weight excluding hydrogens is 364 g/mol. The number of aromatic nitrogens is 4. The van der Waals surface area contributed by atoms with E-state index in [0.717, 1.165) is 29.9 Å². The van der Waals surface area contributed by atoms with Crippen molar-refractivity contribution >= 4 is 34.2 Å². The van der Waals surface area contributed by atoms with Crippen LogP contribution in [0.4, 0.5) is 16.6 Å². The molecule has 9 heteroatoms. The molecule has 0 radical (unpaired) electrons. The van der Waals surface area contributed by atoms with Gasteiger partial charge in [0, 0.05) is 24.0 Å². The molecule has 0 aliphatic carbocycles. The summed E-state index contributed by atoms with van der Waals surface area (Å²) in [5, 5.41) is 5.43. The number of fused-ring (bicyclic) bond motifs is 1. The monoisotopic (exact) mass is 386 g/mol. The van der Waals surface area contributed by atoms with Gasteiger partial charge >= 0.3 is 6.09 Å². The Morgan fingerprint density at radius 3 is 3.07 bits per heavy atom. The van der Waals surface area contributed by atoms with Gasteiger partial charge in [0.25, 0.3) is 0 Å². The molecule has 0 saturated carbocycles. The molecule has 3 aromatic rings. The Morgan fingerprint density at radius 2 is 2.30 bits per heavy atom. The second-order valence-corrected chi connectivity index (χ2v) is 7.33. The standard InChI is InChI=1S/C18H22N6O2S/c1-2-3-4-5-13(14-12-23-9-11-27-17(23)21-14)20-16-19-7-6-15(22-16)24-8-10-26-18(24)25/h6-7,9,11-13H,2-5,8,10H2,1H3,(H,19,20,22). The van der Waals surface area contributed by atoms with Gasteiger partial charge in [0.2, 0.25) is 5.95 Å². The van der Waals surface area contributed by atoms with Gasteiger partial charge in [0.05, 0.1) is 18.3 Å². The lowest BCUT2D eigenvalue weighted by atomic mass is 10.1. The van der Waals surface area contributed by atoms with Gasteiger partial charge in [-0.15, -0.1) is 11.3 Å². The first kappa shape index (κ1) is 17.7. The summed E-state index contributed by atoms with van der Waals surface area (Å²) in [5.41, 5.74) is 0.979. The minimum absolute atomic E-state index is 0.0180. The van der Waals surface area contributed by atoms with Gasteiger partial charge in [-0.3, -0.25) is 9.30 Å². The predicted octanol–water partition coefficient (Wildman–Crippen LogP) is 3.88. The van der Waals surface area contributed by atoms with Crippen LogP contribution >= 0.6 is 11.3 Å². The normalized spacial score (nSPS) is 15.3. The quantitative estimate of drug-likeness (QED) is 0.592. The molecule has 3 aromatic heterocycles. The van der Waals surface area contributed by atoms with E-state index in [9.17, 15) is 4.79 Å². The zero-order chi connectivity index (χ0) is 18.6. The van der Waals surface area contributed by atoms with Crippen molar-refractivity contribution in [3.05, 3.63) is 35.7 Å². The van der Waals surface area contributed by atoms with Crippen molar-refractivity contribution < 1.29 is 9.53 Å². The van der Waals surface area contributed by atoms with Crippen molar-refractivity contribution in [1.29, 1.82) is 0 Å². The molecule has 0 bridgehead atoms. The van der Waals surface area contributed by atoms with Crippen LogP contribution in [0.1, 0.15) is 44.3 Å². The number of carbonyl (C=O) groups excluding carboxylic acids is 1. The van der Waals surface area contributed by atoms with E-state index in [4.69, 9.17) is 9.72 Å². The highest BCUT2D eigenvalue weighted by Crippen LogP contribution is 2.26. The van der Waals surface area contributed by atoms with Crippen molar-refractivity contribution in [2.75, 3.05) is 23.4 Å². The fourth-order valence-electron chi connectivity index (χ4n) is 3.13. The molecule has 0 aromatic carbocycles. The van der Waals surface area contributed by atoms with Crippen molar-refractivity contribution in [3.8, 4) is 0 Å². The molecule has 1 aliphatic rings. The number of imidazole rings is 1. The molecular formula is C18H22N6O2S. The van der Waals surface area contributed by atoms with Crippen molar-refractivity contribution in [1.82, 2.24) is 19.4 Å². The summed E-state index contributed by atoms with van der Waals surface area (Å²) < 4.78 is 7.03. The zero-order valence-electron chi connectivity index (χ0n) is 15.2. The van der Waals surface area contributed by atoms with E-state index < -0.39 is 0 Å². The van der Waals surface area contributed by atoms with Crippen molar-refractivity contribution in [3.63, 3.8) is 0 Å². The lowest BCUT2D eigenvalue weighted by Crippen LogP contribution is -2.25. The number of rotatable bonds is 8. The number of hydrogen-bond donors (Lipinski definition) is 1. The largest absolute Gasteiger partial charge is 0.447 e. The molecule has 27 heavy (non-hydrogen) atoms. The Labute approximate surface area is 161 Å². The Balaban J connectivity index is 1.55. The highest BCUT2D eigenvalue weighted by molar-refractivity contribution is 7.15. The summed E-state index contributed by atoms with van der Waals surface area (Å²) in [6.07, 6.45) is 9.72. The van der Waals surface area contributed by atoms with E-state index in [1.165, 1.54) is 11.3 Å². The summed E-state index contributed by atoms with van der Waals surface area (Å²) in [5.74, 6) is 1.04. The SMILES string of the molecule is CCCCCC(Nc1nccc(N2CCOC2=O)n1)c1cn2ccsc2n1. The number of cyclic esters (lactones) is 1. The minimum atomic E-state index is -0.367. The Bertz CT molecular complexity index is 895. The molecule has 4 rings (SSSR count). The maximum absolute atomic E-state index is 11.8. The van der Waals surface area contributed by atoms with Crippen LogP contribution in [0.25, 0.3) is 4.96 Å². The Hall–Kier alpha value is -2.68. The third-order valence-corrected chi connectivity index (χ3v) is 5.32. The first-order chi connectivity index (χ1) is 13.2. The molecule has 8 nitrogen and oxygen atoms in total. The minimum Gasteiger partial charge on any atom is -0.447 e. The van der Waals surface area contributed by atoms with E-state index >= 15 is 0 Å². The molecule has 1 amide bonds. The topological polar surface area (TPSA) is 84.6 Å². The number of nitrogens with zero attached hydrogens (tertiary/aromatic N) is 5. The fraction of sp³-hybridized carbons (Fsp3) is 0.444. The Kier molecular flexibility index (Phi) is 5.19. The second-order valence-electron chi connectivity index (χ2n) is 6.46. The van der Waals surface area contributed by atoms with Gasteiger partial charge in [0.1, 0.15) is 12.4 Å². The van der Waals surface area contributed by atoms with Crippen LogP contribution < -0.4 is 10.2 Å². The van der Waals surface area contributed by atoms with E-state index in [1.54, 1.807) is 23.6 Å². The van der Waals surface area contributed by atoms with Gasteiger partial charge < -0.3 is 10.1 Å². The molecule has 0 spiro atoms. The summed E-state index contributed by atoms with van der Waals surface area (Å²) in [7, 11) is 0. The molecule has 1 aliphatic heterocycles. The number of hydrogen-bond acceptors (Lipinski definition) is 7. The number of carbonyl (C=O) groups is 1. The number of unbranched alkanes of at least 4 members (excludes halogenated alkanes) is 2. The third kappa shape index (κ3) is 3.87. The predicted molar refractivity (Wildman–Crippen MR) is 104 cm³/mol. The van der Waals surface area contributed by atoms with E-state index in [0.29, 0.717) is 24.9 Å².